The molecule has 0 spiro atoms. The molecule has 2 aromatic rings. The van der Waals surface area contributed by atoms with Crippen LogP contribution in [-0.2, 0) is 17.5 Å². The van der Waals surface area contributed by atoms with Gasteiger partial charge in [0.15, 0.2) is 0 Å². The molecule has 29 heavy (non-hydrogen) atoms. The van der Waals surface area contributed by atoms with Gasteiger partial charge >= 0.3 is 12.2 Å². The zero-order valence-corrected chi connectivity index (χ0v) is 15.3. The Balaban J connectivity index is 1.67. The highest BCUT2D eigenvalue weighted by molar-refractivity contribution is 5.94. The van der Waals surface area contributed by atoms with Gasteiger partial charge in [0.2, 0.25) is 5.91 Å². The van der Waals surface area contributed by atoms with Crippen molar-refractivity contribution >= 4 is 17.6 Å². The van der Waals surface area contributed by atoms with Crippen LogP contribution in [0.4, 0.5) is 23.7 Å². The molecule has 3 N–H and O–H groups in total. The van der Waals surface area contributed by atoms with Crippen LogP contribution < -0.4 is 10.6 Å². The lowest BCUT2D eigenvalue weighted by atomic mass is 10.1. The lowest BCUT2D eigenvalue weighted by Crippen LogP contribution is -2.47. The first kappa shape index (κ1) is 20.7. The maximum absolute atomic E-state index is 13.1. The molecule has 0 bridgehead atoms. The number of rotatable bonds is 4. The lowest BCUT2D eigenvalue weighted by Gasteiger charge is -2.24. The van der Waals surface area contributed by atoms with E-state index in [0.29, 0.717) is 5.69 Å². The van der Waals surface area contributed by atoms with E-state index in [1.165, 1.54) is 23.1 Å². The van der Waals surface area contributed by atoms with Crippen LogP contribution in [0.15, 0.2) is 54.6 Å². The minimum atomic E-state index is -4.54. The average molecular weight is 407 g/mol. The Hall–Kier alpha value is -3.07. The standard InChI is InChI=1S/C20H20F3N3O3/c21-20(22,23)16-9-5-4-6-13(16)11-24-18(28)17-10-15(27)12-26(17)19(29)25-14-7-2-1-3-8-14/h1-9,15,17,27H,10-12H2,(H,24,28)(H,25,29)/t15-,17-/m0/s1. The molecule has 1 aliphatic rings. The highest BCUT2D eigenvalue weighted by Gasteiger charge is 2.39. The Morgan fingerprint density at radius 2 is 1.72 bits per heavy atom. The number of carbonyl (C=O) groups is 2. The molecule has 3 amide bonds. The van der Waals surface area contributed by atoms with Crippen molar-refractivity contribution in [1.29, 1.82) is 0 Å². The van der Waals surface area contributed by atoms with E-state index in [1.54, 1.807) is 30.3 Å². The Bertz CT molecular complexity index is 874. The molecule has 0 aliphatic carbocycles. The number of benzene rings is 2. The van der Waals surface area contributed by atoms with Gasteiger partial charge in [-0.25, -0.2) is 4.79 Å². The highest BCUT2D eigenvalue weighted by Crippen LogP contribution is 2.31. The predicted octanol–water partition coefficient (Wildman–Crippen LogP) is 2.99. The highest BCUT2D eigenvalue weighted by atomic mass is 19.4. The van der Waals surface area contributed by atoms with Crippen LogP contribution in [0.5, 0.6) is 0 Å². The summed E-state index contributed by atoms with van der Waals surface area (Å²) in [6.07, 6.45) is -5.42. The number of amides is 3. The summed E-state index contributed by atoms with van der Waals surface area (Å²) in [5, 5.41) is 15.0. The Kier molecular flexibility index (Phi) is 6.07. The Morgan fingerprint density at radius 3 is 2.41 bits per heavy atom. The number of alkyl halides is 3. The second-order valence-corrected chi connectivity index (χ2v) is 6.73. The van der Waals surface area contributed by atoms with Crippen molar-refractivity contribution in [2.45, 2.75) is 31.3 Å². The third-order valence-electron chi connectivity index (χ3n) is 4.64. The van der Waals surface area contributed by atoms with Gasteiger partial charge in [-0.1, -0.05) is 36.4 Å². The molecule has 1 fully saturated rings. The molecule has 1 aliphatic heterocycles. The van der Waals surface area contributed by atoms with Crippen LogP contribution in [0.2, 0.25) is 0 Å². The van der Waals surface area contributed by atoms with Gasteiger partial charge in [0, 0.05) is 25.2 Å². The SMILES string of the molecule is O=C(NCc1ccccc1C(F)(F)F)[C@@H]1C[C@H](O)CN1C(=O)Nc1ccccc1. The van der Waals surface area contributed by atoms with Crippen LogP contribution in [0, 0.1) is 0 Å². The van der Waals surface area contributed by atoms with Crippen molar-refractivity contribution in [2.24, 2.45) is 0 Å². The minimum absolute atomic E-state index is 0.00889. The molecular formula is C20H20F3N3O3. The van der Waals surface area contributed by atoms with E-state index in [4.69, 9.17) is 0 Å². The van der Waals surface area contributed by atoms with Gasteiger partial charge in [0.25, 0.3) is 0 Å². The maximum Gasteiger partial charge on any atom is 0.416 e. The number of hydrogen-bond acceptors (Lipinski definition) is 3. The van der Waals surface area contributed by atoms with Crippen molar-refractivity contribution in [1.82, 2.24) is 10.2 Å². The van der Waals surface area contributed by atoms with Gasteiger partial charge in [-0.05, 0) is 23.8 Å². The summed E-state index contributed by atoms with van der Waals surface area (Å²) in [4.78, 5) is 26.3. The molecule has 0 unspecified atom stereocenters. The third-order valence-corrected chi connectivity index (χ3v) is 4.64. The normalized spacial score (nSPS) is 19.1. The molecule has 1 saturated heterocycles. The zero-order valence-electron chi connectivity index (χ0n) is 15.3. The van der Waals surface area contributed by atoms with E-state index >= 15 is 0 Å². The van der Waals surface area contributed by atoms with Gasteiger partial charge in [-0.2, -0.15) is 13.2 Å². The summed E-state index contributed by atoms with van der Waals surface area (Å²) in [6.45, 7) is -0.384. The Morgan fingerprint density at radius 1 is 1.07 bits per heavy atom. The van der Waals surface area contributed by atoms with Crippen molar-refractivity contribution in [3.8, 4) is 0 Å². The van der Waals surface area contributed by atoms with Crippen LogP contribution in [0.3, 0.4) is 0 Å². The fraction of sp³-hybridized carbons (Fsp3) is 0.300. The van der Waals surface area contributed by atoms with Crippen molar-refractivity contribution in [2.75, 3.05) is 11.9 Å². The van der Waals surface area contributed by atoms with Crippen molar-refractivity contribution < 1.29 is 27.9 Å². The minimum Gasteiger partial charge on any atom is -0.391 e. The van der Waals surface area contributed by atoms with Crippen molar-refractivity contribution in [3.63, 3.8) is 0 Å². The quantitative estimate of drug-likeness (QED) is 0.729. The largest absolute Gasteiger partial charge is 0.416 e. The number of β-amino-alcohol motifs (C(OH)–C–C–N with tert-alkyl or cyclic N) is 1. The van der Waals surface area contributed by atoms with E-state index in [-0.39, 0.29) is 25.1 Å². The molecule has 9 heteroatoms. The first-order valence-electron chi connectivity index (χ1n) is 8.99. The number of nitrogens with one attached hydrogen (secondary N) is 2. The van der Waals surface area contributed by atoms with Gasteiger partial charge < -0.3 is 20.6 Å². The van der Waals surface area contributed by atoms with Crippen molar-refractivity contribution in [3.05, 3.63) is 65.7 Å². The summed E-state index contributed by atoms with van der Waals surface area (Å²) in [5.74, 6) is -0.623. The maximum atomic E-state index is 13.1. The first-order chi connectivity index (χ1) is 13.8. The van der Waals surface area contributed by atoms with E-state index in [0.717, 1.165) is 6.07 Å². The number of likely N-dealkylation sites (tertiary alicyclic amines) is 1. The molecule has 2 aromatic carbocycles. The zero-order chi connectivity index (χ0) is 21.0. The monoisotopic (exact) mass is 407 g/mol. The summed E-state index contributed by atoms with van der Waals surface area (Å²) in [6, 6.07) is 12.0. The van der Waals surface area contributed by atoms with E-state index < -0.39 is 35.8 Å². The number of aliphatic hydroxyl groups excluding tert-OH is 1. The van der Waals surface area contributed by atoms with Gasteiger partial charge in [-0.3, -0.25) is 4.79 Å². The molecule has 0 saturated carbocycles. The number of hydrogen-bond donors (Lipinski definition) is 3. The van der Waals surface area contributed by atoms with Crippen LogP contribution in [0.1, 0.15) is 17.5 Å². The number of nitrogens with zero attached hydrogens (tertiary/aromatic N) is 1. The van der Waals surface area contributed by atoms with E-state index in [2.05, 4.69) is 10.6 Å². The number of urea groups is 1. The summed E-state index contributed by atoms with van der Waals surface area (Å²) >= 11 is 0. The Labute approximate surface area is 165 Å². The van der Waals surface area contributed by atoms with Crippen LogP contribution >= 0.6 is 0 Å². The number of para-hydroxylation sites is 1. The number of halogens is 3. The van der Waals surface area contributed by atoms with Gasteiger partial charge in [-0.15, -0.1) is 0 Å². The summed E-state index contributed by atoms with van der Waals surface area (Å²) < 4.78 is 39.3. The number of carbonyl (C=O) groups excluding carboxylic acids is 2. The second-order valence-electron chi connectivity index (χ2n) is 6.73. The lowest BCUT2D eigenvalue weighted by molar-refractivity contribution is -0.138. The third kappa shape index (κ3) is 5.05. The van der Waals surface area contributed by atoms with Gasteiger partial charge in [0.1, 0.15) is 6.04 Å². The molecule has 3 rings (SSSR count). The molecule has 2 atom stereocenters. The molecular weight excluding hydrogens is 387 g/mol. The van der Waals surface area contributed by atoms with E-state index in [1.807, 2.05) is 0 Å². The smallest absolute Gasteiger partial charge is 0.391 e. The van der Waals surface area contributed by atoms with E-state index in [9.17, 15) is 27.9 Å². The molecule has 0 aromatic heterocycles. The fourth-order valence-corrected chi connectivity index (χ4v) is 3.25. The molecule has 0 radical (unpaired) electrons. The predicted molar refractivity (Wildman–Crippen MR) is 99.9 cm³/mol. The van der Waals surface area contributed by atoms with Crippen LogP contribution in [0.25, 0.3) is 0 Å². The molecule has 1 heterocycles. The number of anilines is 1. The topological polar surface area (TPSA) is 81.7 Å². The fourth-order valence-electron chi connectivity index (χ4n) is 3.25. The summed E-state index contributed by atoms with van der Waals surface area (Å²) in [5.41, 5.74) is -0.380. The number of aliphatic hydroxyl groups is 1. The molecule has 154 valence electrons. The summed E-state index contributed by atoms with van der Waals surface area (Å²) in [7, 11) is 0. The second kappa shape index (κ2) is 8.52. The molecule has 6 nitrogen and oxygen atoms in total. The van der Waals surface area contributed by atoms with Gasteiger partial charge in [0.05, 0.1) is 11.7 Å². The first-order valence-corrected chi connectivity index (χ1v) is 8.99. The van der Waals surface area contributed by atoms with Crippen LogP contribution in [-0.4, -0.2) is 40.6 Å². The average Bonchev–Trinajstić information content (AvgIpc) is 3.08.